The Morgan fingerprint density at radius 1 is 1.33 bits per heavy atom. The maximum atomic E-state index is 12.3. The summed E-state index contributed by atoms with van der Waals surface area (Å²) in [4.78, 5) is 0. The summed E-state index contributed by atoms with van der Waals surface area (Å²) in [5.41, 5.74) is -0.363. The molecule has 0 N–H and O–H groups in total. The van der Waals surface area contributed by atoms with Gasteiger partial charge in [0.1, 0.15) is 0 Å². The Morgan fingerprint density at radius 3 is 2.50 bits per heavy atom. The van der Waals surface area contributed by atoms with E-state index in [-0.39, 0.29) is 18.4 Å². The van der Waals surface area contributed by atoms with E-state index in [1.807, 2.05) is 0 Å². The Labute approximate surface area is 68.9 Å². The monoisotopic (exact) mass is 180 g/mol. The molecule has 2 fully saturated rings. The first-order valence-corrected chi connectivity index (χ1v) is 4.23. The largest absolute Gasteiger partial charge is 0.391 e. The third kappa shape index (κ3) is 1.44. The maximum Gasteiger partial charge on any atom is 0.391 e. The second kappa shape index (κ2) is 2.37. The van der Waals surface area contributed by atoms with Gasteiger partial charge in [-0.2, -0.15) is 13.2 Å². The van der Waals surface area contributed by atoms with Crippen LogP contribution < -0.4 is 0 Å². The number of halogens is 3. The van der Waals surface area contributed by atoms with Crippen LogP contribution in [-0.2, 0) is 4.74 Å². The van der Waals surface area contributed by atoms with Crippen LogP contribution in [-0.4, -0.2) is 18.4 Å². The lowest BCUT2D eigenvalue weighted by atomic mass is 9.81. The molecule has 2 atom stereocenters. The van der Waals surface area contributed by atoms with Gasteiger partial charge in [-0.15, -0.1) is 0 Å². The molecule has 1 nitrogen and oxygen atoms in total. The summed E-state index contributed by atoms with van der Waals surface area (Å²) < 4.78 is 41.8. The molecule has 1 aliphatic carbocycles. The van der Waals surface area contributed by atoms with Gasteiger partial charge in [-0.3, -0.25) is 0 Å². The van der Waals surface area contributed by atoms with Crippen LogP contribution in [0.25, 0.3) is 0 Å². The van der Waals surface area contributed by atoms with Crippen molar-refractivity contribution < 1.29 is 17.9 Å². The first kappa shape index (κ1) is 8.35. The Balaban J connectivity index is 1.99. The Kier molecular flexibility index (Phi) is 1.65. The summed E-state index contributed by atoms with van der Waals surface area (Å²) in [6.07, 6.45) is -2.06. The summed E-state index contributed by atoms with van der Waals surface area (Å²) in [6, 6.07) is 0. The van der Waals surface area contributed by atoms with Crippen molar-refractivity contribution in [2.75, 3.05) is 6.61 Å². The molecule has 0 aromatic rings. The van der Waals surface area contributed by atoms with E-state index < -0.39 is 12.1 Å². The maximum absolute atomic E-state index is 12.3. The minimum atomic E-state index is -4.01. The fourth-order valence-corrected chi connectivity index (χ4v) is 1.97. The minimum absolute atomic E-state index is 0.191. The number of ether oxygens (including phenoxy) is 1. The van der Waals surface area contributed by atoms with Crippen LogP contribution in [0.3, 0.4) is 0 Å². The molecule has 0 amide bonds. The second-order valence-electron chi connectivity index (χ2n) is 3.81. The van der Waals surface area contributed by atoms with Crippen LogP contribution in [0.1, 0.15) is 25.7 Å². The van der Waals surface area contributed by atoms with Crippen molar-refractivity contribution in [3.05, 3.63) is 0 Å². The third-order valence-corrected chi connectivity index (χ3v) is 2.82. The standard InChI is InChI=1S/C8H11F3O/c9-8(10,11)6-2-1-3-7(4-6)5-12-7/h6H,1-5H2. The first-order chi connectivity index (χ1) is 5.52. The fraction of sp³-hybridized carbons (Fsp3) is 1.00. The van der Waals surface area contributed by atoms with Crippen LogP contribution in [0.5, 0.6) is 0 Å². The number of hydrogen-bond donors (Lipinski definition) is 0. The molecule has 1 saturated heterocycles. The molecule has 2 aliphatic rings. The lowest BCUT2D eigenvalue weighted by Crippen LogP contribution is -2.32. The molecule has 0 bridgehead atoms. The van der Waals surface area contributed by atoms with Gasteiger partial charge in [0.25, 0.3) is 0 Å². The number of hydrogen-bond acceptors (Lipinski definition) is 1. The molecule has 2 unspecified atom stereocenters. The summed E-state index contributed by atoms with van der Waals surface area (Å²) in [5.74, 6) is -1.12. The van der Waals surface area contributed by atoms with Crippen molar-refractivity contribution in [3.8, 4) is 0 Å². The zero-order valence-electron chi connectivity index (χ0n) is 6.66. The summed E-state index contributed by atoms with van der Waals surface area (Å²) >= 11 is 0. The lowest BCUT2D eigenvalue weighted by Gasteiger charge is -2.28. The van der Waals surface area contributed by atoms with Gasteiger partial charge in [-0.05, 0) is 25.7 Å². The number of rotatable bonds is 0. The van der Waals surface area contributed by atoms with E-state index >= 15 is 0 Å². The summed E-state index contributed by atoms with van der Waals surface area (Å²) in [5, 5.41) is 0. The molecule has 1 spiro atoms. The van der Waals surface area contributed by atoms with Gasteiger partial charge in [0.2, 0.25) is 0 Å². The van der Waals surface area contributed by atoms with Crippen molar-refractivity contribution in [2.45, 2.75) is 37.5 Å². The quantitative estimate of drug-likeness (QED) is 0.522. The molecular formula is C8H11F3O. The van der Waals surface area contributed by atoms with Crippen molar-refractivity contribution in [3.63, 3.8) is 0 Å². The van der Waals surface area contributed by atoms with Crippen LogP contribution in [0, 0.1) is 5.92 Å². The Hall–Kier alpha value is -0.250. The zero-order valence-corrected chi connectivity index (χ0v) is 6.66. The third-order valence-electron chi connectivity index (χ3n) is 2.82. The van der Waals surface area contributed by atoms with E-state index in [2.05, 4.69) is 0 Å². The smallest absolute Gasteiger partial charge is 0.370 e. The predicted molar refractivity (Wildman–Crippen MR) is 36.7 cm³/mol. The van der Waals surface area contributed by atoms with Crippen LogP contribution in [0.2, 0.25) is 0 Å². The van der Waals surface area contributed by atoms with Gasteiger partial charge in [0.05, 0.1) is 18.1 Å². The van der Waals surface area contributed by atoms with Gasteiger partial charge in [-0.1, -0.05) is 0 Å². The van der Waals surface area contributed by atoms with Gasteiger partial charge < -0.3 is 4.74 Å². The Bertz CT molecular complexity index is 183. The number of epoxide rings is 1. The van der Waals surface area contributed by atoms with Gasteiger partial charge in [0, 0.05) is 0 Å². The van der Waals surface area contributed by atoms with Crippen molar-refractivity contribution in [1.29, 1.82) is 0 Å². The highest BCUT2D eigenvalue weighted by atomic mass is 19.4. The SMILES string of the molecule is FC(F)(F)C1CCCC2(CO2)C1. The van der Waals surface area contributed by atoms with Gasteiger partial charge >= 0.3 is 6.18 Å². The van der Waals surface area contributed by atoms with Gasteiger partial charge in [-0.25, -0.2) is 0 Å². The van der Waals surface area contributed by atoms with Crippen LogP contribution >= 0.6 is 0 Å². The molecule has 1 aliphatic heterocycles. The van der Waals surface area contributed by atoms with E-state index in [4.69, 9.17) is 4.74 Å². The highest BCUT2D eigenvalue weighted by Gasteiger charge is 2.54. The predicted octanol–water partition coefficient (Wildman–Crippen LogP) is 2.51. The minimum Gasteiger partial charge on any atom is -0.370 e. The van der Waals surface area contributed by atoms with Crippen molar-refractivity contribution in [2.24, 2.45) is 5.92 Å². The summed E-state index contributed by atoms with van der Waals surface area (Å²) in [6.45, 7) is 0.541. The normalized spacial score (nSPS) is 41.8. The average Bonchev–Trinajstić information content (AvgIpc) is 2.68. The molecule has 0 aromatic heterocycles. The molecule has 4 heteroatoms. The second-order valence-corrected chi connectivity index (χ2v) is 3.81. The van der Waals surface area contributed by atoms with E-state index in [1.165, 1.54) is 0 Å². The van der Waals surface area contributed by atoms with Crippen molar-refractivity contribution >= 4 is 0 Å². The highest BCUT2D eigenvalue weighted by Crippen LogP contribution is 2.48. The number of alkyl halides is 3. The molecule has 70 valence electrons. The molecular weight excluding hydrogens is 169 g/mol. The van der Waals surface area contributed by atoms with Crippen LogP contribution in [0.4, 0.5) is 13.2 Å². The van der Waals surface area contributed by atoms with E-state index in [0.717, 1.165) is 6.42 Å². The highest BCUT2D eigenvalue weighted by molar-refractivity contribution is 4.98. The van der Waals surface area contributed by atoms with E-state index in [0.29, 0.717) is 13.0 Å². The molecule has 1 saturated carbocycles. The topological polar surface area (TPSA) is 12.5 Å². The van der Waals surface area contributed by atoms with E-state index in [1.54, 1.807) is 0 Å². The van der Waals surface area contributed by atoms with Crippen molar-refractivity contribution in [1.82, 2.24) is 0 Å². The average molecular weight is 180 g/mol. The molecule has 0 radical (unpaired) electrons. The van der Waals surface area contributed by atoms with Crippen LogP contribution in [0.15, 0.2) is 0 Å². The summed E-state index contributed by atoms with van der Waals surface area (Å²) in [7, 11) is 0. The zero-order chi connectivity index (χ0) is 8.82. The Morgan fingerprint density at radius 2 is 2.00 bits per heavy atom. The molecule has 2 rings (SSSR count). The molecule has 1 heterocycles. The fourth-order valence-electron chi connectivity index (χ4n) is 1.97. The lowest BCUT2D eigenvalue weighted by molar-refractivity contribution is -0.186. The molecule has 0 aromatic carbocycles. The first-order valence-electron chi connectivity index (χ1n) is 4.23. The molecule has 12 heavy (non-hydrogen) atoms. The van der Waals surface area contributed by atoms with Gasteiger partial charge in [0.15, 0.2) is 0 Å². The van der Waals surface area contributed by atoms with E-state index in [9.17, 15) is 13.2 Å².